The number of rotatable bonds is 7. The van der Waals surface area contributed by atoms with Crippen molar-refractivity contribution in [3.05, 3.63) is 69.0 Å². The molecule has 0 unspecified atom stereocenters. The van der Waals surface area contributed by atoms with Crippen LogP contribution in [0.1, 0.15) is 12.5 Å². The van der Waals surface area contributed by atoms with Crippen LogP contribution in [0, 0.1) is 15.9 Å². The molecule has 1 aliphatic heterocycles. The molecule has 0 N–H and O–H groups in total. The van der Waals surface area contributed by atoms with Crippen LogP contribution in [0.3, 0.4) is 0 Å². The largest absolute Gasteiger partial charge is 0.363 e. The van der Waals surface area contributed by atoms with Crippen molar-refractivity contribution >= 4 is 28.9 Å². The molecule has 1 fully saturated rings. The zero-order chi connectivity index (χ0) is 21.7. The molecule has 2 aromatic rings. The molecule has 1 heterocycles. The summed E-state index contributed by atoms with van der Waals surface area (Å²) in [5.41, 5.74) is 1.28. The van der Waals surface area contributed by atoms with Crippen LogP contribution >= 0.6 is 11.6 Å². The predicted octanol–water partition coefficient (Wildman–Crippen LogP) is 3.56. The van der Waals surface area contributed by atoms with Crippen molar-refractivity contribution < 1.29 is 14.1 Å². The Morgan fingerprint density at radius 3 is 2.57 bits per heavy atom. The number of amides is 1. The second-order valence-electron chi connectivity index (χ2n) is 7.19. The van der Waals surface area contributed by atoms with E-state index in [1.165, 1.54) is 18.2 Å². The molecule has 3 rings (SSSR count). The Kier molecular flexibility index (Phi) is 7.23. The van der Waals surface area contributed by atoms with Crippen LogP contribution in [0.25, 0.3) is 0 Å². The van der Waals surface area contributed by atoms with Gasteiger partial charge in [-0.25, -0.2) is 4.39 Å². The number of nitrogens with zero attached hydrogens (tertiary/aromatic N) is 4. The zero-order valence-corrected chi connectivity index (χ0v) is 17.5. The lowest BCUT2D eigenvalue weighted by atomic mass is 10.2. The minimum absolute atomic E-state index is 0.0146. The molecule has 0 radical (unpaired) electrons. The van der Waals surface area contributed by atoms with E-state index in [2.05, 4.69) is 0 Å². The van der Waals surface area contributed by atoms with E-state index in [1.807, 2.05) is 16.7 Å². The maximum absolute atomic E-state index is 13.4. The molecule has 1 amide bonds. The Morgan fingerprint density at radius 1 is 1.20 bits per heavy atom. The van der Waals surface area contributed by atoms with E-state index in [4.69, 9.17) is 11.6 Å². The topological polar surface area (TPSA) is 69.9 Å². The summed E-state index contributed by atoms with van der Waals surface area (Å²) in [5.74, 6) is -0.337. The van der Waals surface area contributed by atoms with Crippen molar-refractivity contribution in [3.8, 4) is 0 Å². The Balaban J connectivity index is 1.57. The summed E-state index contributed by atoms with van der Waals surface area (Å²) in [7, 11) is 0. The number of piperazine rings is 1. The third-order valence-electron chi connectivity index (χ3n) is 5.20. The molecule has 30 heavy (non-hydrogen) atoms. The van der Waals surface area contributed by atoms with Crippen molar-refractivity contribution in [1.82, 2.24) is 9.80 Å². The lowest BCUT2D eigenvalue weighted by molar-refractivity contribution is -0.384. The normalized spacial score (nSPS) is 14.6. The molecule has 160 valence electrons. The van der Waals surface area contributed by atoms with Gasteiger partial charge in [-0.1, -0.05) is 23.7 Å². The van der Waals surface area contributed by atoms with Crippen LogP contribution in [0.4, 0.5) is 15.8 Å². The number of hydrogen-bond acceptors (Lipinski definition) is 5. The van der Waals surface area contributed by atoms with Gasteiger partial charge in [-0.3, -0.25) is 19.8 Å². The molecule has 0 aromatic heterocycles. The third-order valence-corrected chi connectivity index (χ3v) is 5.44. The maximum atomic E-state index is 13.4. The number of likely N-dealkylation sites (N-methyl/N-ethyl adjacent to an activating group) is 1. The number of benzene rings is 2. The number of nitro groups is 1. The number of nitro benzene ring substituents is 1. The van der Waals surface area contributed by atoms with E-state index in [-0.39, 0.29) is 24.0 Å². The van der Waals surface area contributed by atoms with Gasteiger partial charge in [0, 0.05) is 50.4 Å². The standard InChI is InChI=1S/C21H24ClFN4O3/c1-2-25(14-16-4-3-5-18(23)12-16)21(28)15-24-8-10-26(11-9-24)19-7-6-17(22)13-20(19)27(29)30/h3-7,12-13H,2,8-11,14-15H2,1H3. The fraction of sp³-hybridized carbons (Fsp3) is 0.381. The van der Waals surface area contributed by atoms with Gasteiger partial charge in [0.2, 0.25) is 5.91 Å². The molecule has 1 aliphatic rings. The highest BCUT2D eigenvalue weighted by atomic mass is 35.5. The molecule has 1 saturated heterocycles. The van der Waals surface area contributed by atoms with Gasteiger partial charge in [-0.2, -0.15) is 0 Å². The second kappa shape index (κ2) is 9.86. The van der Waals surface area contributed by atoms with Gasteiger partial charge in [0.05, 0.1) is 11.5 Å². The zero-order valence-electron chi connectivity index (χ0n) is 16.8. The molecule has 0 saturated carbocycles. The first kappa shape index (κ1) is 22.0. The average Bonchev–Trinajstić information content (AvgIpc) is 2.72. The quantitative estimate of drug-likeness (QED) is 0.492. The number of hydrogen-bond donors (Lipinski definition) is 0. The van der Waals surface area contributed by atoms with E-state index in [1.54, 1.807) is 29.2 Å². The molecule has 0 aliphatic carbocycles. The van der Waals surface area contributed by atoms with Gasteiger partial charge in [0.15, 0.2) is 0 Å². The molecule has 9 heteroatoms. The van der Waals surface area contributed by atoms with Crippen molar-refractivity contribution in [1.29, 1.82) is 0 Å². The van der Waals surface area contributed by atoms with Crippen LogP contribution in [-0.4, -0.2) is 59.9 Å². The van der Waals surface area contributed by atoms with E-state index in [9.17, 15) is 19.3 Å². The van der Waals surface area contributed by atoms with Crippen molar-refractivity contribution in [2.75, 3.05) is 44.2 Å². The summed E-state index contributed by atoms with van der Waals surface area (Å²) in [5, 5.41) is 11.7. The number of carbonyl (C=O) groups excluding carboxylic acids is 1. The van der Waals surface area contributed by atoms with Gasteiger partial charge < -0.3 is 9.80 Å². The summed E-state index contributed by atoms with van der Waals surface area (Å²) in [6.45, 7) is 5.44. The van der Waals surface area contributed by atoms with Crippen molar-refractivity contribution in [2.24, 2.45) is 0 Å². The first-order valence-electron chi connectivity index (χ1n) is 9.81. The summed E-state index contributed by atoms with van der Waals surface area (Å²) in [6.07, 6.45) is 0. The first-order chi connectivity index (χ1) is 14.4. The maximum Gasteiger partial charge on any atom is 0.294 e. The fourth-order valence-corrected chi connectivity index (χ4v) is 3.75. The number of carbonyl (C=O) groups is 1. The molecule has 0 atom stereocenters. The van der Waals surface area contributed by atoms with E-state index in [0.29, 0.717) is 50.0 Å². The van der Waals surface area contributed by atoms with Crippen LogP contribution in [0.5, 0.6) is 0 Å². The lowest BCUT2D eigenvalue weighted by Gasteiger charge is -2.36. The van der Waals surface area contributed by atoms with E-state index < -0.39 is 4.92 Å². The Hall–Kier alpha value is -2.71. The number of halogens is 2. The van der Waals surface area contributed by atoms with Gasteiger partial charge in [-0.05, 0) is 36.8 Å². The van der Waals surface area contributed by atoms with Gasteiger partial charge >= 0.3 is 0 Å². The SMILES string of the molecule is CCN(Cc1cccc(F)c1)C(=O)CN1CCN(c2ccc(Cl)cc2[N+](=O)[O-])CC1. The Morgan fingerprint density at radius 2 is 1.93 bits per heavy atom. The predicted molar refractivity (Wildman–Crippen MR) is 114 cm³/mol. The Bertz CT molecular complexity index is 919. The first-order valence-corrected chi connectivity index (χ1v) is 10.2. The van der Waals surface area contributed by atoms with Crippen molar-refractivity contribution in [2.45, 2.75) is 13.5 Å². The highest BCUT2D eigenvalue weighted by molar-refractivity contribution is 6.30. The molecule has 2 aromatic carbocycles. The monoisotopic (exact) mass is 434 g/mol. The van der Waals surface area contributed by atoms with Crippen LogP contribution in [-0.2, 0) is 11.3 Å². The molecular weight excluding hydrogens is 411 g/mol. The summed E-state index contributed by atoms with van der Waals surface area (Å²) in [4.78, 5) is 29.3. The summed E-state index contributed by atoms with van der Waals surface area (Å²) in [6, 6.07) is 10.9. The smallest absolute Gasteiger partial charge is 0.294 e. The molecular formula is C21H24ClFN4O3. The summed E-state index contributed by atoms with van der Waals surface area (Å²) < 4.78 is 13.4. The van der Waals surface area contributed by atoms with Crippen LogP contribution in [0.2, 0.25) is 5.02 Å². The number of anilines is 1. The molecule has 0 spiro atoms. The Labute approximate surface area is 179 Å². The molecule has 7 nitrogen and oxygen atoms in total. The minimum atomic E-state index is -0.428. The van der Waals surface area contributed by atoms with Crippen molar-refractivity contribution in [3.63, 3.8) is 0 Å². The minimum Gasteiger partial charge on any atom is -0.363 e. The lowest BCUT2D eigenvalue weighted by Crippen LogP contribution is -2.50. The van der Waals surface area contributed by atoms with Crippen LogP contribution in [0.15, 0.2) is 42.5 Å². The summed E-state index contributed by atoms with van der Waals surface area (Å²) >= 11 is 5.90. The third kappa shape index (κ3) is 5.46. The second-order valence-corrected chi connectivity index (χ2v) is 7.63. The van der Waals surface area contributed by atoms with Gasteiger partial charge in [0.25, 0.3) is 5.69 Å². The molecule has 0 bridgehead atoms. The van der Waals surface area contributed by atoms with Crippen LogP contribution < -0.4 is 4.90 Å². The highest BCUT2D eigenvalue weighted by Gasteiger charge is 2.25. The van der Waals surface area contributed by atoms with Gasteiger partial charge in [0.1, 0.15) is 11.5 Å². The van der Waals surface area contributed by atoms with E-state index >= 15 is 0 Å². The average molecular weight is 435 g/mol. The fourth-order valence-electron chi connectivity index (χ4n) is 3.58. The highest BCUT2D eigenvalue weighted by Crippen LogP contribution is 2.31. The van der Waals surface area contributed by atoms with Gasteiger partial charge in [-0.15, -0.1) is 0 Å². The van der Waals surface area contributed by atoms with E-state index in [0.717, 1.165) is 5.56 Å².